The summed E-state index contributed by atoms with van der Waals surface area (Å²) in [7, 11) is 0. The molecule has 0 heterocycles. The summed E-state index contributed by atoms with van der Waals surface area (Å²) in [5.74, 6) is 0.378. The number of hydrogen-bond acceptors (Lipinski definition) is 3. The molecule has 4 nitrogen and oxygen atoms in total. The zero-order chi connectivity index (χ0) is 12.8. The fraction of sp³-hybridized carbons (Fsp3) is 0.417. The number of nitrogens with two attached hydrogens (primary N) is 1. The number of halogens is 1. The molecule has 5 heteroatoms. The first kappa shape index (κ1) is 13.8. The standard InChI is InChI=1S/C12H17ClN2O2/c1-8(7-14)15-12(16)9(2)17-11-5-3-4-10(13)6-11/h3-6,8-9H,7,14H2,1-2H3,(H,15,16)/t8-,9?/m0/s1. The van der Waals surface area contributed by atoms with E-state index in [1.54, 1.807) is 31.2 Å². The lowest BCUT2D eigenvalue weighted by Gasteiger charge is -2.17. The van der Waals surface area contributed by atoms with Crippen molar-refractivity contribution in [2.24, 2.45) is 5.73 Å². The van der Waals surface area contributed by atoms with E-state index in [1.807, 2.05) is 6.92 Å². The fourth-order valence-electron chi connectivity index (χ4n) is 1.22. The van der Waals surface area contributed by atoms with Gasteiger partial charge in [-0.05, 0) is 32.0 Å². The topological polar surface area (TPSA) is 64.3 Å². The molecule has 0 radical (unpaired) electrons. The molecule has 0 aliphatic heterocycles. The first-order valence-corrected chi connectivity index (χ1v) is 5.83. The number of hydrogen-bond donors (Lipinski definition) is 2. The van der Waals surface area contributed by atoms with Crippen molar-refractivity contribution in [2.75, 3.05) is 6.54 Å². The molecular formula is C12H17ClN2O2. The summed E-state index contributed by atoms with van der Waals surface area (Å²) in [6.07, 6.45) is -0.581. The van der Waals surface area contributed by atoms with Gasteiger partial charge in [0.05, 0.1) is 0 Å². The summed E-state index contributed by atoms with van der Waals surface area (Å²) in [4.78, 5) is 11.7. The molecule has 0 aliphatic rings. The van der Waals surface area contributed by atoms with Crippen LogP contribution in [0.3, 0.4) is 0 Å². The monoisotopic (exact) mass is 256 g/mol. The normalized spacial score (nSPS) is 13.9. The van der Waals surface area contributed by atoms with Gasteiger partial charge in [-0.15, -0.1) is 0 Å². The lowest BCUT2D eigenvalue weighted by atomic mass is 10.3. The Bertz CT molecular complexity index is 385. The van der Waals surface area contributed by atoms with Crippen molar-refractivity contribution in [2.45, 2.75) is 26.0 Å². The average Bonchev–Trinajstić information content (AvgIpc) is 2.28. The quantitative estimate of drug-likeness (QED) is 0.841. The smallest absolute Gasteiger partial charge is 0.261 e. The van der Waals surface area contributed by atoms with Crippen molar-refractivity contribution in [1.82, 2.24) is 5.32 Å². The Balaban J connectivity index is 2.54. The first-order valence-electron chi connectivity index (χ1n) is 5.45. The number of carbonyl (C=O) groups excluding carboxylic acids is 1. The zero-order valence-electron chi connectivity index (χ0n) is 9.94. The Morgan fingerprint density at radius 3 is 2.82 bits per heavy atom. The van der Waals surface area contributed by atoms with E-state index in [-0.39, 0.29) is 11.9 Å². The summed E-state index contributed by atoms with van der Waals surface area (Å²) >= 11 is 5.82. The summed E-state index contributed by atoms with van der Waals surface area (Å²) in [6, 6.07) is 6.87. The molecule has 1 unspecified atom stereocenters. The lowest BCUT2D eigenvalue weighted by molar-refractivity contribution is -0.127. The van der Waals surface area contributed by atoms with Gasteiger partial charge in [0.1, 0.15) is 5.75 Å². The number of amides is 1. The lowest BCUT2D eigenvalue weighted by Crippen LogP contribution is -2.44. The third-order valence-corrected chi connectivity index (χ3v) is 2.46. The van der Waals surface area contributed by atoms with Crippen LogP contribution in [0.2, 0.25) is 5.02 Å². The Hall–Kier alpha value is -1.26. The SMILES string of the molecule is CC(Oc1cccc(Cl)c1)C(=O)N[C@@H](C)CN. The molecule has 1 amide bonds. The minimum atomic E-state index is -0.581. The molecule has 1 aromatic rings. The van der Waals surface area contributed by atoms with Crippen LogP contribution < -0.4 is 15.8 Å². The molecule has 1 aromatic carbocycles. The summed E-state index contributed by atoms with van der Waals surface area (Å²) in [6.45, 7) is 3.92. The Morgan fingerprint density at radius 1 is 1.53 bits per heavy atom. The van der Waals surface area contributed by atoms with Crippen LogP contribution in [0.25, 0.3) is 0 Å². The summed E-state index contributed by atoms with van der Waals surface area (Å²) < 4.78 is 5.47. The van der Waals surface area contributed by atoms with E-state index in [4.69, 9.17) is 22.1 Å². The zero-order valence-corrected chi connectivity index (χ0v) is 10.7. The van der Waals surface area contributed by atoms with Crippen molar-refractivity contribution in [3.8, 4) is 5.75 Å². The maximum absolute atomic E-state index is 11.7. The van der Waals surface area contributed by atoms with Crippen LogP contribution in [0, 0.1) is 0 Å². The second-order valence-electron chi connectivity index (χ2n) is 3.86. The molecule has 0 fully saturated rings. The van der Waals surface area contributed by atoms with E-state index in [0.717, 1.165) is 0 Å². The Morgan fingerprint density at radius 2 is 2.24 bits per heavy atom. The predicted molar refractivity (Wildman–Crippen MR) is 68.2 cm³/mol. The van der Waals surface area contributed by atoms with E-state index in [0.29, 0.717) is 17.3 Å². The molecule has 0 aliphatic carbocycles. The van der Waals surface area contributed by atoms with Crippen molar-refractivity contribution < 1.29 is 9.53 Å². The highest BCUT2D eigenvalue weighted by Gasteiger charge is 2.16. The van der Waals surface area contributed by atoms with Gasteiger partial charge in [0, 0.05) is 17.6 Å². The molecule has 0 spiro atoms. The third kappa shape index (κ3) is 4.63. The van der Waals surface area contributed by atoms with Crippen LogP contribution in [0.15, 0.2) is 24.3 Å². The van der Waals surface area contributed by atoms with E-state index >= 15 is 0 Å². The molecule has 1 rings (SSSR count). The maximum Gasteiger partial charge on any atom is 0.261 e. The van der Waals surface area contributed by atoms with Crippen molar-refractivity contribution in [3.05, 3.63) is 29.3 Å². The highest BCUT2D eigenvalue weighted by molar-refractivity contribution is 6.30. The van der Waals surface area contributed by atoms with Gasteiger partial charge < -0.3 is 15.8 Å². The van der Waals surface area contributed by atoms with Crippen LogP contribution in [-0.2, 0) is 4.79 Å². The number of carbonyl (C=O) groups is 1. The molecule has 0 saturated carbocycles. The summed E-state index contributed by atoms with van der Waals surface area (Å²) in [5.41, 5.74) is 5.42. The minimum Gasteiger partial charge on any atom is -0.481 e. The molecule has 2 atom stereocenters. The first-order chi connectivity index (χ1) is 8.02. The highest BCUT2D eigenvalue weighted by Crippen LogP contribution is 2.18. The molecule has 17 heavy (non-hydrogen) atoms. The molecule has 0 bridgehead atoms. The Labute approximate surface area is 106 Å². The van der Waals surface area contributed by atoms with Crippen molar-refractivity contribution >= 4 is 17.5 Å². The van der Waals surface area contributed by atoms with E-state index in [1.165, 1.54) is 0 Å². The van der Waals surface area contributed by atoms with Gasteiger partial charge in [0.25, 0.3) is 5.91 Å². The molecule has 3 N–H and O–H groups in total. The molecule has 0 saturated heterocycles. The molecule has 0 aromatic heterocycles. The minimum absolute atomic E-state index is 0.0621. The van der Waals surface area contributed by atoms with Gasteiger partial charge in [-0.2, -0.15) is 0 Å². The fourth-order valence-corrected chi connectivity index (χ4v) is 1.40. The molecule has 94 valence electrons. The van der Waals surface area contributed by atoms with Crippen LogP contribution in [-0.4, -0.2) is 24.6 Å². The second-order valence-corrected chi connectivity index (χ2v) is 4.30. The van der Waals surface area contributed by atoms with Crippen LogP contribution in [0.1, 0.15) is 13.8 Å². The van der Waals surface area contributed by atoms with Crippen LogP contribution in [0.4, 0.5) is 0 Å². The number of benzene rings is 1. The number of ether oxygens (including phenoxy) is 1. The van der Waals surface area contributed by atoms with Gasteiger partial charge in [0.2, 0.25) is 0 Å². The molecular weight excluding hydrogens is 240 g/mol. The third-order valence-electron chi connectivity index (χ3n) is 2.22. The van der Waals surface area contributed by atoms with E-state index in [2.05, 4.69) is 5.32 Å². The van der Waals surface area contributed by atoms with Crippen molar-refractivity contribution in [1.29, 1.82) is 0 Å². The Kier molecular flexibility index (Phi) is 5.25. The predicted octanol–water partition coefficient (Wildman–Crippen LogP) is 1.57. The van der Waals surface area contributed by atoms with Crippen LogP contribution in [0.5, 0.6) is 5.75 Å². The second kappa shape index (κ2) is 6.47. The van der Waals surface area contributed by atoms with E-state index in [9.17, 15) is 4.79 Å². The van der Waals surface area contributed by atoms with Crippen LogP contribution >= 0.6 is 11.6 Å². The highest BCUT2D eigenvalue weighted by atomic mass is 35.5. The largest absolute Gasteiger partial charge is 0.481 e. The summed E-state index contributed by atoms with van der Waals surface area (Å²) in [5, 5.41) is 3.32. The van der Waals surface area contributed by atoms with Gasteiger partial charge in [-0.25, -0.2) is 0 Å². The maximum atomic E-state index is 11.7. The average molecular weight is 257 g/mol. The van der Waals surface area contributed by atoms with Gasteiger partial charge in [-0.3, -0.25) is 4.79 Å². The number of rotatable bonds is 5. The van der Waals surface area contributed by atoms with E-state index < -0.39 is 6.10 Å². The van der Waals surface area contributed by atoms with Crippen molar-refractivity contribution in [3.63, 3.8) is 0 Å². The van der Waals surface area contributed by atoms with Gasteiger partial charge in [-0.1, -0.05) is 17.7 Å². The van der Waals surface area contributed by atoms with Gasteiger partial charge in [0.15, 0.2) is 6.10 Å². The van der Waals surface area contributed by atoms with Gasteiger partial charge >= 0.3 is 0 Å². The number of nitrogens with one attached hydrogen (secondary N) is 1.